The summed E-state index contributed by atoms with van der Waals surface area (Å²) in [5, 5.41) is 13.6. The molecule has 0 N–H and O–H groups in total. The van der Waals surface area contributed by atoms with Gasteiger partial charge in [0.15, 0.2) is 0 Å². The van der Waals surface area contributed by atoms with Crippen molar-refractivity contribution in [2.75, 3.05) is 7.05 Å². The van der Waals surface area contributed by atoms with Crippen LogP contribution in [-0.4, -0.2) is 21.7 Å². The van der Waals surface area contributed by atoms with E-state index in [4.69, 9.17) is 5.26 Å². The van der Waals surface area contributed by atoms with Gasteiger partial charge in [0.2, 0.25) is 0 Å². The van der Waals surface area contributed by atoms with Gasteiger partial charge in [0.1, 0.15) is 11.8 Å². The van der Waals surface area contributed by atoms with Crippen LogP contribution in [0.5, 0.6) is 0 Å². The summed E-state index contributed by atoms with van der Waals surface area (Å²) in [5.74, 6) is 0.523. The zero-order valence-corrected chi connectivity index (χ0v) is 9.49. The Morgan fingerprint density at radius 3 is 2.80 bits per heavy atom. The van der Waals surface area contributed by atoms with Gasteiger partial charge in [-0.25, -0.2) is 0 Å². The van der Waals surface area contributed by atoms with Gasteiger partial charge in [0, 0.05) is 25.2 Å². The van der Waals surface area contributed by atoms with Gasteiger partial charge in [-0.1, -0.05) is 13.8 Å². The number of hydrogen-bond donors (Lipinski definition) is 0. The molecule has 1 aliphatic heterocycles. The Balaban J connectivity index is 2.36. The molecular formula is C11H16N4. The average molecular weight is 204 g/mol. The van der Waals surface area contributed by atoms with Crippen molar-refractivity contribution >= 4 is 0 Å². The van der Waals surface area contributed by atoms with E-state index in [9.17, 15) is 0 Å². The first-order chi connectivity index (χ1) is 7.11. The number of fused-ring (bicyclic) bond motifs is 1. The lowest BCUT2D eigenvalue weighted by Gasteiger charge is -2.09. The summed E-state index contributed by atoms with van der Waals surface area (Å²) >= 11 is 0. The van der Waals surface area contributed by atoms with Gasteiger partial charge in [-0.3, -0.25) is 9.58 Å². The number of rotatable bonds is 2. The van der Waals surface area contributed by atoms with Crippen molar-refractivity contribution in [3.8, 4) is 6.07 Å². The third-order valence-electron chi connectivity index (χ3n) is 2.63. The van der Waals surface area contributed by atoms with Crippen LogP contribution >= 0.6 is 0 Å². The van der Waals surface area contributed by atoms with Gasteiger partial charge in [0.25, 0.3) is 0 Å². The molecule has 1 aliphatic rings. The topological polar surface area (TPSA) is 44.9 Å². The van der Waals surface area contributed by atoms with Crippen LogP contribution in [0.1, 0.15) is 30.8 Å². The quantitative estimate of drug-likeness (QED) is 0.730. The Labute approximate surface area is 90.1 Å². The molecule has 1 aromatic rings. The molecular weight excluding hydrogens is 188 g/mol. The molecule has 80 valence electrons. The van der Waals surface area contributed by atoms with Crippen molar-refractivity contribution < 1.29 is 0 Å². The van der Waals surface area contributed by atoms with Crippen molar-refractivity contribution in [1.82, 2.24) is 14.7 Å². The molecule has 0 saturated heterocycles. The lowest BCUT2D eigenvalue weighted by Crippen LogP contribution is -2.14. The van der Waals surface area contributed by atoms with Crippen molar-refractivity contribution in [2.45, 2.75) is 33.5 Å². The van der Waals surface area contributed by atoms with Crippen LogP contribution in [0, 0.1) is 17.2 Å². The highest BCUT2D eigenvalue weighted by Gasteiger charge is 2.25. The van der Waals surface area contributed by atoms with Crippen LogP contribution < -0.4 is 0 Å². The second kappa shape index (κ2) is 3.67. The molecule has 0 spiro atoms. The lowest BCUT2D eigenvalue weighted by molar-refractivity contribution is 0.342. The lowest BCUT2D eigenvalue weighted by atomic mass is 10.2. The summed E-state index contributed by atoms with van der Waals surface area (Å²) in [5.41, 5.74) is 2.96. The first-order valence-corrected chi connectivity index (χ1v) is 5.29. The molecule has 4 nitrogen and oxygen atoms in total. The number of aromatic nitrogens is 2. The van der Waals surface area contributed by atoms with E-state index in [0.717, 1.165) is 36.6 Å². The van der Waals surface area contributed by atoms with Gasteiger partial charge in [-0.15, -0.1) is 0 Å². The standard InChI is InChI=1S/C11H16N4/c1-8(2)5-15-11(4-12)9-6-14(3)7-10(9)13-15/h8H,5-7H2,1-3H3. The van der Waals surface area contributed by atoms with Crippen molar-refractivity contribution in [3.63, 3.8) is 0 Å². The maximum atomic E-state index is 9.14. The van der Waals surface area contributed by atoms with Crippen LogP contribution in [-0.2, 0) is 19.6 Å². The maximum absolute atomic E-state index is 9.14. The molecule has 2 rings (SSSR count). The van der Waals surface area contributed by atoms with Crippen LogP contribution in [0.2, 0.25) is 0 Å². The number of hydrogen-bond acceptors (Lipinski definition) is 3. The van der Waals surface area contributed by atoms with Gasteiger partial charge < -0.3 is 0 Å². The summed E-state index contributed by atoms with van der Waals surface area (Å²) < 4.78 is 1.86. The Bertz CT molecular complexity index is 411. The van der Waals surface area contributed by atoms with Crippen molar-refractivity contribution in [1.29, 1.82) is 5.26 Å². The molecule has 0 aromatic carbocycles. The normalized spacial score (nSPS) is 15.7. The van der Waals surface area contributed by atoms with E-state index in [1.54, 1.807) is 0 Å². The van der Waals surface area contributed by atoms with E-state index in [1.807, 2.05) is 4.68 Å². The summed E-state index contributed by atoms with van der Waals surface area (Å²) in [6.07, 6.45) is 0. The predicted octanol–water partition coefficient (Wildman–Crippen LogP) is 1.36. The van der Waals surface area contributed by atoms with E-state index < -0.39 is 0 Å². The van der Waals surface area contributed by atoms with Gasteiger partial charge in [-0.2, -0.15) is 10.4 Å². The van der Waals surface area contributed by atoms with Crippen molar-refractivity contribution in [2.24, 2.45) is 5.92 Å². The highest BCUT2D eigenvalue weighted by atomic mass is 15.3. The molecule has 0 saturated carbocycles. The summed E-state index contributed by atoms with van der Waals surface area (Å²) in [4.78, 5) is 2.18. The minimum atomic E-state index is 0.523. The fourth-order valence-corrected chi connectivity index (χ4v) is 2.03. The zero-order valence-electron chi connectivity index (χ0n) is 9.49. The molecule has 0 amide bonds. The second-order valence-corrected chi connectivity index (χ2v) is 4.63. The molecule has 2 heterocycles. The monoisotopic (exact) mass is 204 g/mol. The molecule has 0 aliphatic carbocycles. The molecule has 0 bridgehead atoms. The van der Waals surface area contributed by atoms with Crippen LogP contribution in [0.4, 0.5) is 0 Å². The summed E-state index contributed by atoms with van der Waals surface area (Å²) in [7, 11) is 2.05. The van der Waals surface area contributed by atoms with Gasteiger partial charge in [-0.05, 0) is 13.0 Å². The smallest absolute Gasteiger partial charge is 0.143 e. The first kappa shape index (κ1) is 10.2. The molecule has 0 atom stereocenters. The third kappa shape index (κ3) is 1.75. The molecule has 15 heavy (non-hydrogen) atoms. The van der Waals surface area contributed by atoms with E-state index >= 15 is 0 Å². The molecule has 0 radical (unpaired) electrons. The van der Waals surface area contributed by atoms with Crippen LogP contribution in [0.3, 0.4) is 0 Å². The zero-order chi connectivity index (χ0) is 11.0. The highest BCUT2D eigenvalue weighted by Crippen LogP contribution is 2.24. The molecule has 0 fully saturated rings. The largest absolute Gasteiger partial charge is 0.296 e. The Kier molecular flexibility index (Phi) is 2.49. The van der Waals surface area contributed by atoms with Gasteiger partial charge >= 0.3 is 0 Å². The minimum Gasteiger partial charge on any atom is -0.296 e. The van der Waals surface area contributed by atoms with E-state index in [2.05, 4.69) is 37.0 Å². The number of nitriles is 1. The van der Waals surface area contributed by atoms with E-state index in [1.165, 1.54) is 0 Å². The van der Waals surface area contributed by atoms with Gasteiger partial charge in [0.05, 0.1) is 5.69 Å². The predicted molar refractivity (Wildman–Crippen MR) is 57.0 cm³/mol. The Morgan fingerprint density at radius 2 is 2.20 bits per heavy atom. The fourth-order valence-electron chi connectivity index (χ4n) is 2.03. The fraction of sp³-hybridized carbons (Fsp3) is 0.636. The van der Waals surface area contributed by atoms with Crippen LogP contribution in [0.25, 0.3) is 0 Å². The summed E-state index contributed by atoms with van der Waals surface area (Å²) in [6, 6.07) is 2.28. The molecule has 1 aromatic heterocycles. The summed E-state index contributed by atoms with van der Waals surface area (Å²) in [6.45, 7) is 6.84. The van der Waals surface area contributed by atoms with Crippen LogP contribution in [0.15, 0.2) is 0 Å². The SMILES string of the molecule is CC(C)Cn1nc2c(c1C#N)CN(C)C2. The number of nitrogens with zero attached hydrogens (tertiary/aromatic N) is 4. The molecule has 0 unspecified atom stereocenters. The van der Waals surface area contributed by atoms with Crippen molar-refractivity contribution in [3.05, 3.63) is 17.0 Å². The Hall–Kier alpha value is -1.34. The van der Waals surface area contributed by atoms with E-state index in [-0.39, 0.29) is 0 Å². The molecule has 4 heteroatoms. The minimum absolute atomic E-state index is 0.523. The highest BCUT2D eigenvalue weighted by molar-refractivity contribution is 5.37. The first-order valence-electron chi connectivity index (χ1n) is 5.29. The average Bonchev–Trinajstić information content (AvgIpc) is 2.59. The van der Waals surface area contributed by atoms with E-state index in [0.29, 0.717) is 5.92 Å². The second-order valence-electron chi connectivity index (χ2n) is 4.63. The maximum Gasteiger partial charge on any atom is 0.143 e. The Morgan fingerprint density at radius 1 is 1.47 bits per heavy atom. The third-order valence-corrected chi connectivity index (χ3v) is 2.63.